The molecule has 2 aliphatic rings. The van der Waals surface area contributed by atoms with Crippen molar-refractivity contribution in [2.45, 2.75) is 20.3 Å². The molecule has 1 atom stereocenters. The maximum atomic E-state index is 7.02. The first kappa shape index (κ1) is 33.8. The minimum atomic E-state index is -0.416. The molecule has 55 heavy (non-hydrogen) atoms. The van der Waals surface area contributed by atoms with Gasteiger partial charge in [0.1, 0.15) is 11.5 Å². The second kappa shape index (κ2) is 14.4. The van der Waals surface area contributed by atoms with Crippen LogP contribution >= 0.6 is 0 Å². The number of hydrogen-bond acceptors (Lipinski definition) is 7. The van der Waals surface area contributed by atoms with Crippen LogP contribution in [0.2, 0.25) is 0 Å². The number of furan rings is 1. The fraction of sp³-hybridized carbons (Fsp3) is 0.104. The van der Waals surface area contributed by atoms with E-state index < -0.39 is 5.41 Å². The quantitative estimate of drug-likeness (QED) is 0.168. The van der Waals surface area contributed by atoms with E-state index in [9.17, 15) is 0 Å². The zero-order chi connectivity index (χ0) is 37.2. The van der Waals surface area contributed by atoms with Crippen molar-refractivity contribution in [1.29, 1.82) is 0 Å². The third kappa shape index (κ3) is 6.29. The molecule has 1 aliphatic carbocycles. The van der Waals surface area contributed by atoms with Crippen molar-refractivity contribution in [3.8, 4) is 45.1 Å². The van der Waals surface area contributed by atoms with Gasteiger partial charge in [0.2, 0.25) is 0 Å². The Labute approximate surface area is 320 Å². The van der Waals surface area contributed by atoms with Crippen molar-refractivity contribution in [2.75, 3.05) is 6.54 Å². The van der Waals surface area contributed by atoms with Gasteiger partial charge in [-0.3, -0.25) is 24.9 Å². The number of benzene rings is 1. The van der Waals surface area contributed by atoms with Crippen molar-refractivity contribution in [3.05, 3.63) is 193 Å². The van der Waals surface area contributed by atoms with Gasteiger partial charge in [-0.1, -0.05) is 54.1 Å². The van der Waals surface area contributed by atoms with Crippen LogP contribution in [0.3, 0.4) is 0 Å². The molecule has 6 aromatic heterocycles. The third-order valence-corrected chi connectivity index (χ3v) is 10.4. The van der Waals surface area contributed by atoms with Gasteiger partial charge in [-0.2, -0.15) is 0 Å². The highest BCUT2D eigenvalue weighted by atomic mass is 16.3. The molecule has 0 amide bonds. The highest BCUT2D eigenvalue weighted by Crippen LogP contribution is 2.55. The highest BCUT2D eigenvalue weighted by molar-refractivity contribution is 6.16. The molecule has 0 saturated heterocycles. The summed E-state index contributed by atoms with van der Waals surface area (Å²) in [6, 6.07) is 38.4. The van der Waals surface area contributed by atoms with Gasteiger partial charge in [0.05, 0.1) is 28.5 Å². The average molecular weight is 715 g/mol. The Morgan fingerprint density at radius 1 is 0.545 bits per heavy atom. The van der Waals surface area contributed by atoms with Crippen molar-refractivity contribution in [3.63, 3.8) is 0 Å². The van der Waals surface area contributed by atoms with Crippen LogP contribution in [0.5, 0.6) is 0 Å². The van der Waals surface area contributed by atoms with E-state index in [1.165, 1.54) is 5.57 Å². The molecular weight excluding hydrogens is 677 g/mol. The number of pyridine rings is 5. The van der Waals surface area contributed by atoms with E-state index in [4.69, 9.17) is 29.3 Å². The van der Waals surface area contributed by atoms with Crippen molar-refractivity contribution < 1.29 is 4.42 Å². The Morgan fingerprint density at radius 2 is 1.07 bits per heavy atom. The van der Waals surface area contributed by atoms with Crippen LogP contribution in [0.15, 0.2) is 180 Å². The average Bonchev–Trinajstić information content (AvgIpc) is 3.75. The predicted molar refractivity (Wildman–Crippen MR) is 220 cm³/mol. The Kier molecular flexibility index (Phi) is 8.88. The fourth-order valence-corrected chi connectivity index (χ4v) is 7.83. The van der Waals surface area contributed by atoms with E-state index in [2.05, 4.69) is 79.9 Å². The Hall–Kier alpha value is -6.99. The molecule has 7 heterocycles. The Morgan fingerprint density at radius 3 is 1.65 bits per heavy atom. The van der Waals surface area contributed by atoms with Gasteiger partial charge >= 0.3 is 0 Å². The highest BCUT2D eigenvalue weighted by Gasteiger charge is 2.41. The number of nitrogens with one attached hydrogen (secondary N) is 1. The largest absolute Gasteiger partial charge is 0.456 e. The zero-order valence-corrected chi connectivity index (χ0v) is 30.6. The Bertz CT molecular complexity index is 2610. The van der Waals surface area contributed by atoms with E-state index in [1.54, 1.807) is 0 Å². The van der Waals surface area contributed by atoms with E-state index in [-0.39, 0.29) is 0 Å². The van der Waals surface area contributed by atoms with E-state index in [1.807, 2.05) is 104 Å². The lowest BCUT2D eigenvalue weighted by atomic mass is 9.66. The Balaban J connectivity index is 1.26. The molecule has 1 N–H and O–H groups in total. The summed E-state index contributed by atoms with van der Waals surface area (Å²) >= 11 is 0. The number of aromatic nitrogens is 5. The second-order valence-electron chi connectivity index (χ2n) is 13.9. The van der Waals surface area contributed by atoms with Crippen LogP contribution in [0.4, 0.5) is 0 Å². The first-order valence-electron chi connectivity index (χ1n) is 18.5. The van der Waals surface area contributed by atoms with Crippen LogP contribution in [0, 0.1) is 5.41 Å². The smallest absolute Gasteiger partial charge is 0.135 e. The van der Waals surface area contributed by atoms with Crippen LogP contribution in [-0.4, -0.2) is 31.5 Å². The van der Waals surface area contributed by atoms with E-state index in [0.29, 0.717) is 5.76 Å². The summed E-state index contributed by atoms with van der Waals surface area (Å²) in [5, 5.41) is 3.70. The summed E-state index contributed by atoms with van der Waals surface area (Å²) in [4.78, 5) is 24.4. The maximum absolute atomic E-state index is 7.02. The first-order valence-corrected chi connectivity index (χ1v) is 18.5. The summed E-state index contributed by atoms with van der Waals surface area (Å²) < 4.78 is 7.02. The molecule has 1 unspecified atom stereocenters. The topological polar surface area (TPSA) is 89.6 Å². The van der Waals surface area contributed by atoms with E-state index >= 15 is 0 Å². The van der Waals surface area contributed by atoms with Gasteiger partial charge in [0.25, 0.3) is 0 Å². The molecule has 0 radical (unpaired) electrons. The molecular formula is C48H38N6O. The minimum Gasteiger partial charge on any atom is -0.456 e. The number of dihydropyridines is 1. The first-order chi connectivity index (χ1) is 27.1. The van der Waals surface area contributed by atoms with Crippen LogP contribution in [0.1, 0.15) is 37.4 Å². The monoisotopic (exact) mass is 714 g/mol. The van der Waals surface area contributed by atoms with Crippen molar-refractivity contribution in [1.82, 2.24) is 30.2 Å². The molecule has 7 nitrogen and oxygen atoms in total. The van der Waals surface area contributed by atoms with Gasteiger partial charge in [0, 0.05) is 82.0 Å². The van der Waals surface area contributed by atoms with Gasteiger partial charge in [-0.15, -0.1) is 0 Å². The van der Waals surface area contributed by atoms with Gasteiger partial charge < -0.3 is 9.73 Å². The lowest BCUT2D eigenvalue weighted by Gasteiger charge is -2.40. The molecule has 0 fully saturated rings. The van der Waals surface area contributed by atoms with Gasteiger partial charge in [-0.25, -0.2) is 0 Å². The molecule has 0 saturated carbocycles. The van der Waals surface area contributed by atoms with Crippen LogP contribution in [0.25, 0.3) is 61.8 Å². The predicted octanol–water partition coefficient (Wildman–Crippen LogP) is 10.8. The molecule has 7 aromatic rings. The number of hydrogen-bond donors (Lipinski definition) is 1. The van der Waals surface area contributed by atoms with Gasteiger partial charge in [0.15, 0.2) is 0 Å². The standard InChI is InChI=1S/C48H38N6O/c1-32-23-30-54-43(31-32)48(2)24-22-35(46(39-16-6-11-28-52-39)47(48)40-17-7-12-29-53-40)42-21-20-41(55-42)34-19-18-33(36-13-3-8-25-49-36)44(37-14-4-9-26-50-37)45(34)38-15-5-10-27-51-38/h3-23,25-29,31,54H,24,30H2,1-2H3. The second-order valence-corrected chi connectivity index (χ2v) is 13.9. The molecule has 0 spiro atoms. The molecule has 7 heteroatoms. The summed E-state index contributed by atoms with van der Waals surface area (Å²) in [5.41, 5.74) is 13.0. The molecule has 1 aliphatic heterocycles. The summed E-state index contributed by atoms with van der Waals surface area (Å²) in [7, 11) is 0. The number of nitrogens with zero attached hydrogens (tertiary/aromatic N) is 5. The number of rotatable bonds is 8. The number of allylic oxidation sites excluding steroid dienone is 6. The van der Waals surface area contributed by atoms with E-state index in [0.717, 1.165) is 91.9 Å². The molecule has 1 aromatic carbocycles. The molecule has 266 valence electrons. The summed E-state index contributed by atoms with van der Waals surface area (Å²) in [5.74, 6) is 1.46. The maximum Gasteiger partial charge on any atom is 0.135 e. The molecule has 9 rings (SSSR count). The minimum absolute atomic E-state index is 0.416. The summed E-state index contributed by atoms with van der Waals surface area (Å²) in [6.45, 7) is 5.24. The summed E-state index contributed by atoms with van der Waals surface area (Å²) in [6.07, 6.45) is 16.7. The zero-order valence-electron chi connectivity index (χ0n) is 30.6. The normalized spacial score (nSPS) is 16.9. The lowest BCUT2D eigenvalue weighted by Crippen LogP contribution is -2.34. The van der Waals surface area contributed by atoms with Crippen molar-refractivity contribution >= 4 is 16.7 Å². The molecule has 0 bridgehead atoms. The lowest BCUT2D eigenvalue weighted by molar-refractivity contribution is 0.495. The SMILES string of the molecule is CC1=CCNC(C2(C)CC=C(c3ccc(-c4ccc(-c5ccccn5)c(-c5ccccn5)c4-c4ccccn4)o3)C(c3ccccn3)=C2c2ccccn2)=C1. The van der Waals surface area contributed by atoms with Crippen molar-refractivity contribution in [2.24, 2.45) is 5.41 Å². The third-order valence-electron chi connectivity index (χ3n) is 10.4. The van der Waals surface area contributed by atoms with Crippen LogP contribution in [-0.2, 0) is 0 Å². The van der Waals surface area contributed by atoms with Gasteiger partial charge in [-0.05, 0) is 111 Å². The fourth-order valence-electron chi connectivity index (χ4n) is 7.83. The van der Waals surface area contributed by atoms with Crippen LogP contribution < -0.4 is 5.32 Å².